The molecule has 1 atom stereocenters. The molecule has 0 aliphatic carbocycles. The molecule has 1 rings (SSSR count). The minimum absolute atomic E-state index is 0.0330. The van der Waals surface area contributed by atoms with Crippen molar-refractivity contribution in [3.8, 4) is 0 Å². The molecule has 1 fully saturated rings. The Labute approximate surface area is 128 Å². The molecule has 1 unspecified atom stereocenters. The minimum Gasteiger partial charge on any atom is -0.481 e. The van der Waals surface area contributed by atoms with Gasteiger partial charge in [0.05, 0.1) is 19.6 Å². The quantitative estimate of drug-likeness (QED) is 0.732. The number of carboxylic acid groups (broad SMARTS) is 1. The zero-order chi connectivity index (χ0) is 15.8. The second-order valence-electron chi connectivity index (χ2n) is 4.90. The highest BCUT2D eigenvalue weighted by Gasteiger charge is 2.30. The second kappa shape index (κ2) is 8.76. The van der Waals surface area contributed by atoms with Crippen LogP contribution in [0.1, 0.15) is 19.3 Å². The van der Waals surface area contributed by atoms with Crippen molar-refractivity contribution in [2.45, 2.75) is 25.3 Å². The summed E-state index contributed by atoms with van der Waals surface area (Å²) >= 11 is 1.67. The number of hydrogen-bond acceptors (Lipinski definition) is 5. The molecular formula is C13H22N2O5S. The maximum Gasteiger partial charge on any atom is 0.320 e. The predicted molar refractivity (Wildman–Crippen MR) is 79.3 cm³/mol. The first-order valence-corrected chi connectivity index (χ1v) is 7.99. The van der Waals surface area contributed by atoms with E-state index in [0.29, 0.717) is 25.3 Å². The van der Waals surface area contributed by atoms with Crippen molar-refractivity contribution in [2.75, 3.05) is 38.8 Å². The van der Waals surface area contributed by atoms with Gasteiger partial charge in [-0.25, -0.2) is 4.79 Å². The summed E-state index contributed by atoms with van der Waals surface area (Å²) < 4.78 is 4.55. The molecule has 1 aliphatic heterocycles. The third kappa shape index (κ3) is 5.82. The lowest BCUT2D eigenvalue weighted by atomic mass is 10.2. The number of carbonyl (C=O) groups excluding carboxylic acids is 2. The molecule has 0 aromatic heterocycles. The van der Waals surface area contributed by atoms with Crippen molar-refractivity contribution in [1.82, 2.24) is 9.80 Å². The number of rotatable bonds is 6. The molecular weight excluding hydrogens is 296 g/mol. The largest absolute Gasteiger partial charge is 0.481 e. The lowest BCUT2D eigenvalue weighted by molar-refractivity contribution is -0.141. The van der Waals surface area contributed by atoms with Gasteiger partial charge >= 0.3 is 18.0 Å². The topological polar surface area (TPSA) is 87.2 Å². The molecule has 0 aromatic carbocycles. The Morgan fingerprint density at radius 2 is 2.14 bits per heavy atom. The summed E-state index contributed by atoms with van der Waals surface area (Å²) in [6.45, 7) is 1.00. The Morgan fingerprint density at radius 1 is 1.43 bits per heavy atom. The number of carboxylic acids is 1. The van der Waals surface area contributed by atoms with Gasteiger partial charge in [0.25, 0.3) is 0 Å². The number of methoxy groups -OCH3 is 1. The smallest absolute Gasteiger partial charge is 0.320 e. The standard InChI is InChI=1S/C13H22N2O5S/c1-14(5-3-4-12(18)20-2)13(19)15-6-7-21-9-10(15)8-11(16)17/h10H,3-9H2,1-2H3,(H,16,17). The number of carbonyl (C=O) groups is 3. The van der Waals surface area contributed by atoms with Crippen LogP contribution in [0.5, 0.6) is 0 Å². The highest BCUT2D eigenvalue weighted by molar-refractivity contribution is 7.99. The molecule has 0 radical (unpaired) electrons. The fourth-order valence-electron chi connectivity index (χ4n) is 2.15. The molecule has 21 heavy (non-hydrogen) atoms. The zero-order valence-electron chi connectivity index (χ0n) is 12.4. The van der Waals surface area contributed by atoms with Crippen molar-refractivity contribution in [2.24, 2.45) is 0 Å². The SMILES string of the molecule is COC(=O)CCCN(C)C(=O)N1CCSCC1CC(=O)O. The monoisotopic (exact) mass is 318 g/mol. The van der Waals surface area contributed by atoms with Crippen molar-refractivity contribution in [3.63, 3.8) is 0 Å². The summed E-state index contributed by atoms with van der Waals surface area (Å²) in [5, 5.41) is 8.92. The van der Waals surface area contributed by atoms with Crippen molar-refractivity contribution >= 4 is 29.7 Å². The number of thioether (sulfide) groups is 1. The van der Waals surface area contributed by atoms with Crippen LogP contribution in [0.2, 0.25) is 0 Å². The Balaban J connectivity index is 2.49. The van der Waals surface area contributed by atoms with Gasteiger partial charge in [0.15, 0.2) is 0 Å². The van der Waals surface area contributed by atoms with Crippen molar-refractivity contribution < 1.29 is 24.2 Å². The number of aliphatic carboxylic acids is 1. The van der Waals surface area contributed by atoms with Gasteiger partial charge in [0, 0.05) is 38.1 Å². The van der Waals surface area contributed by atoms with Crippen LogP contribution in [-0.4, -0.2) is 77.7 Å². The molecule has 1 heterocycles. The van der Waals surface area contributed by atoms with Gasteiger partial charge in [-0.3, -0.25) is 9.59 Å². The van der Waals surface area contributed by atoms with E-state index in [0.717, 1.165) is 5.75 Å². The molecule has 7 nitrogen and oxygen atoms in total. The molecule has 1 aliphatic rings. The summed E-state index contributed by atoms with van der Waals surface area (Å²) in [5.74, 6) is 0.272. The fraction of sp³-hybridized carbons (Fsp3) is 0.769. The van der Waals surface area contributed by atoms with Gasteiger partial charge in [-0.2, -0.15) is 11.8 Å². The van der Waals surface area contributed by atoms with Gasteiger partial charge in [-0.05, 0) is 6.42 Å². The van der Waals surface area contributed by atoms with Gasteiger partial charge in [-0.15, -0.1) is 0 Å². The number of amides is 2. The first-order chi connectivity index (χ1) is 9.95. The molecule has 0 saturated carbocycles. The summed E-state index contributed by atoms with van der Waals surface area (Å²) in [4.78, 5) is 37.4. The Bertz CT molecular complexity index is 391. The number of ether oxygens (including phenoxy) is 1. The summed E-state index contributed by atoms with van der Waals surface area (Å²) in [7, 11) is 3.00. The van der Waals surface area contributed by atoms with Crippen LogP contribution in [0.25, 0.3) is 0 Å². The molecule has 0 bridgehead atoms. The van der Waals surface area contributed by atoms with Crippen LogP contribution in [0.15, 0.2) is 0 Å². The summed E-state index contributed by atoms with van der Waals surface area (Å²) in [6.07, 6.45) is 0.762. The van der Waals surface area contributed by atoms with Crippen LogP contribution < -0.4 is 0 Å². The van der Waals surface area contributed by atoms with Crippen LogP contribution in [0.3, 0.4) is 0 Å². The van der Waals surface area contributed by atoms with E-state index in [4.69, 9.17) is 5.11 Å². The van der Waals surface area contributed by atoms with Crippen molar-refractivity contribution in [1.29, 1.82) is 0 Å². The van der Waals surface area contributed by atoms with E-state index in [1.807, 2.05) is 0 Å². The van der Waals surface area contributed by atoms with E-state index < -0.39 is 5.97 Å². The van der Waals surface area contributed by atoms with Gasteiger partial charge in [0.1, 0.15) is 0 Å². The highest BCUT2D eigenvalue weighted by Crippen LogP contribution is 2.20. The highest BCUT2D eigenvalue weighted by atomic mass is 32.2. The first kappa shape index (κ1) is 17.6. The fourth-order valence-corrected chi connectivity index (χ4v) is 3.22. The van der Waals surface area contributed by atoms with Gasteiger partial charge in [-0.1, -0.05) is 0 Å². The first-order valence-electron chi connectivity index (χ1n) is 6.83. The molecule has 1 saturated heterocycles. The number of hydrogen-bond donors (Lipinski definition) is 1. The van der Waals surface area contributed by atoms with E-state index in [9.17, 15) is 14.4 Å². The number of nitrogens with zero attached hydrogens (tertiary/aromatic N) is 2. The average Bonchev–Trinajstić information content (AvgIpc) is 2.46. The lowest BCUT2D eigenvalue weighted by Gasteiger charge is -2.37. The number of esters is 1. The van der Waals surface area contributed by atoms with E-state index >= 15 is 0 Å². The number of urea groups is 1. The summed E-state index contributed by atoms with van der Waals surface area (Å²) in [6, 6.07) is -0.441. The Hall–Kier alpha value is -1.44. The molecule has 8 heteroatoms. The van der Waals surface area contributed by atoms with Crippen LogP contribution in [0.4, 0.5) is 4.79 Å². The van der Waals surface area contributed by atoms with Crippen LogP contribution in [-0.2, 0) is 14.3 Å². The average molecular weight is 318 g/mol. The summed E-state index contributed by atoms with van der Waals surface area (Å²) in [5.41, 5.74) is 0. The second-order valence-corrected chi connectivity index (χ2v) is 6.05. The lowest BCUT2D eigenvalue weighted by Crippen LogP contribution is -2.51. The maximum atomic E-state index is 12.4. The minimum atomic E-state index is -0.895. The van der Waals surface area contributed by atoms with E-state index in [-0.39, 0.29) is 30.9 Å². The molecule has 120 valence electrons. The van der Waals surface area contributed by atoms with Gasteiger partial charge in [0.2, 0.25) is 0 Å². The predicted octanol–water partition coefficient (Wildman–Crippen LogP) is 0.883. The van der Waals surface area contributed by atoms with Gasteiger partial charge < -0.3 is 19.6 Å². The Kier molecular flexibility index (Phi) is 7.35. The van der Waals surface area contributed by atoms with Crippen molar-refractivity contribution in [3.05, 3.63) is 0 Å². The third-order valence-corrected chi connectivity index (χ3v) is 4.40. The van der Waals surface area contributed by atoms with E-state index in [2.05, 4.69) is 4.74 Å². The normalized spacial score (nSPS) is 18.2. The van der Waals surface area contributed by atoms with E-state index in [1.165, 1.54) is 12.0 Å². The third-order valence-electron chi connectivity index (χ3n) is 3.31. The Morgan fingerprint density at radius 3 is 2.76 bits per heavy atom. The molecule has 2 amide bonds. The zero-order valence-corrected chi connectivity index (χ0v) is 13.2. The van der Waals surface area contributed by atoms with Crippen LogP contribution in [0, 0.1) is 0 Å². The molecule has 1 N–H and O–H groups in total. The molecule has 0 aromatic rings. The van der Waals surface area contributed by atoms with Crippen LogP contribution >= 0.6 is 11.8 Å². The van der Waals surface area contributed by atoms with E-state index in [1.54, 1.807) is 23.7 Å². The maximum absolute atomic E-state index is 12.4. The molecule has 0 spiro atoms.